The van der Waals surface area contributed by atoms with Gasteiger partial charge in [0.1, 0.15) is 11.0 Å². The van der Waals surface area contributed by atoms with Gasteiger partial charge in [-0.1, -0.05) is 0 Å². The van der Waals surface area contributed by atoms with Crippen molar-refractivity contribution in [3.8, 4) is 5.75 Å². The molecule has 0 aliphatic carbocycles. The van der Waals surface area contributed by atoms with Crippen molar-refractivity contribution < 1.29 is 17.9 Å². The minimum atomic E-state index is -3.40. The summed E-state index contributed by atoms with van der Waals surface area (Å²) in [5, 5.41) is 1.47. The lowest BCUT2D eigenvalue weighted by molar-refractivity contribution is -0.120. The number of hydrogen-bond donors (Lipinski definition) is 2. The molecule has 0 radical (unpaired) electrons. The molecule has 0 saturated carbocycles. The van der Waals surface area contributed by atoms with Crippen LogP contribution in [0.2, 0.25) is 0 Å². The fourth-order valence-electron chi connectivity index (χ4n) is 1.46. The molecule has 1 aromatic rings. The monoisotopic (exact) mass is 286 g/mol. The molecule has 1 unspecified atom stereocenters. The van der Waals surface area contributed by atoms with Gasteiger partial charge in [0.25, 0.3) is 0 Å². The van der Waals surface area contributed by atoms with Crippen molar-refractivity contribution in [2.24, 2.45) is 0 Å². The third kappa shape index (κ3) is 4.13. The number of amides is 1. The number of sulfone groups is 1. The number of carbonyl (C=O) groups is 1. The van der Waals surface area contributed by atoms with Gasteiger partial charge in [0.05, 0.1) is 7.11 Å². The molecule has 0 saturated heterocycles. The van der Waals surface area contributed by atoms with Crippen LogP contribution < -0.4 is 15.8 Å². The Kier molecular flexibility index (Phi) is 4.77. The Morgan fingerprint density at radius 1 is 1.47 bits per heavy atom. The summed E-state index contributed by atoms with van der Waals surface area (Å²) >= 11 is 0. The van der Waals surface area contributed by atoms with Crippen LogP contribution in [0, 0.1) is 0 Å². The van der Waals surface area contributed by atoms with Gasteiger partial charge in [-0.15, -0.1) is 0 Å². The fraction of sp³-hybridized carbons (Fsp3) is 0.417. The van der Waals surface area contributed by atoms with Crippen LogP contribution >= 0.6 is 0 Å². The van der Waals surface area contributed by atoms with Gasteiger partial charge >= 0.3 is 0 Å². The standard InChI is InChI=1S/C12H18N2O4S/c1-8(19(3,16)17)12(15)14-7-9-6-10(13)4-5-11(9)18-2/h4-6,8H,7,13H2,1-3H3,(H,14,15). The normalized spacial score (nSPS) is 12.8. The molecule has 1 rings (SSSR count). The second-order valence-corrected chi connectivity index (χ2v) is 6.63. The molecule has 1 aromatic carbocycles. The lowest BCUT2D eigenvalue weighted by atomic mass is 10.1. The average molecular weight is 286 g/mol. The fourth-order valence-corrected chi connectivity index (χ4v) is 1.93. The Morgan fingerprint density at radius 2 is 2.11 bits per heavy atom. The first-order valence-electron chi connectivity index (χ1n) is 5.64. The summed E-state index contributed by atoms with van der Waals surface area (Å²) < 4.78 is 27.6. The number of nitrogen functional groups attached to an aromatic ring is 1. The summed E-state index contributed by atoms with van der Waals surface area (Å²) in [6, 6.07) is 5.05. The predicted molar refractivity (Wildman–Crippen MR) is 73.6 cm³/mol. The minimum absolute atomic E-state index is 0.160. The Hall–Kier alpha value is -1.76. The summed E-state index contributed by atoms with van der Waals surface area (Å²) in [6.07, 6.45) is 1.03. The zero-order chi connectivity index (χ0) is 14.6. The molecule has 1 atom stereocenters. The number of methoxy groups -OCH3 is 1. The molecule has 0 spiro atoms. The summed E-state index contributed by atoms with van der Waals surface area (Å²) in [7, 11) is -1.89. The smallest absolute Gasteiger partial charge is 0.238 e. The van der Waals surface area contributed by atoms with Crippen LogP contribution in [0.25, 0.3) is 0 Å². The number of nitrogens with two attached hydrogens (primary N) is 1. The topological polar surface area (TPSA) is 98.5 Å². The highest BCUT2D eigenvalue weighted by atomic mass is 32.2. The summed E-state index contributed by atoms with van der Waals surface area (Å²) in [4.78, 5) is 11.7. The van der Waals surface area contributed by atoms with E-state index in [1.165, 1.54) is 14.0 Å². The second-order valence-electron chi connectivity index (χ2n) is 4.26. The second kappa shape index (κ2) is 5.92. The van der Waals surface area contributed by atoms with Gasteiger partial charge in [-0.05, 0) is 25.1 Å². The van der Waals surface area contributed by atoms with Crippen molar-refractivity contribution in [2.75, 3.05) is 19.1 Å². The molecule has 0 fully saturated rings. The quantitative estimate of drug-likeness (QED) is 0.760. The number of rotatable bonds is 5. The lowest BCUT2D eigenvalue weighted by Crippen LogP contribution is -2.37. The van der Waals surface area contributed by atoms with E-state index in [9.17, 15) is 13.2 Å². The third-order valence-corrected chi connectivity index (χ3v) is 4.27. The number of nitrogens with one attached hydrogen (secondary N) is 1. The van der Waals surface area contributed by atoms with Gasteiger partial charge in [0.15, 0.2) is 9.84 Å². The van der Waals surface area contributed by atoms with Crippen molar-refractivity contribution in [1.29, 1.82) is 0 Å². The van der Waals surface area contributed by atoms with Gasteiger partial charge < -0.3 is 15.8 Å². The lowest BCUT2D eigenvalue weighted by Gasteiger charge is -2.13. The molecule has 0 aliphatic rings. The van der Waals surface area contributed by atoms with Crippen molar-refractivity contribution in [2.45, 2.75) is 18.7 Å². The maximum atomic E-state index is 11.7. The van der Waals surface area contributed by atoms with Crippen LogP contribution in [0.5, 0.6) is 5.75 Å². The Morgan fingerprint density at radius 3 is 2.63 bits per heavy atom. The van der Waals surface area contributed by atoms with Crippen LogP contribution in [0.4, 0.5) is 5.69 Å². The van der Waals surface area contributed by atoms with Gasteiger partial charge in [-0.25, -0.2) is 8.42 Å². The summed E-state index contributed by atoms with van der Waals surface area (Å²) in [5.74, 6) is 0.0356. The van der Waals surface area contributed by atoms with Crippen LogP contribution in [-0.2, 0) is 21.2 Å². The van der Waals surface area contributed by atoms with Gasteiger partial charge in [-0.3, -0.25) is 4.79 Å². The Labute approximate surface area is 112 Å². The maximum Gasteiger partial charge on any atom is 0.238 e. The number of benzene rings is 1. The minimum Gasteiger partial charge on any atom is -0.496 e. The van der Waals surface area contributed by atoms with Gasteiger partial charge in [-0.2, -0.15) is 0 Å². The summed E-state index contributed by atoms with van der Waals surface area (Å²) in [6.45, 7) is 1.51. The number of carbonyl (C=O) groups excluding carboxylic acids is 1. The molecule has 106 valence electrons. The van der Waals surface area contributed by atoms with Crippen LogP contribution in [0.3, 0.4) is 0 Å². The van der Waals surface area contributed by atoms with Gasteiger partial charge in [0.2, 0.25) is 5.91 Å². The number of anilines is 1. The third-order valence-electron chi connectivity index (χ3n) is 2.77. The molecule has 0 heterocycles. The SMILES string of the molecule is COc1ccc(N)cc1CNC(=O)C(C)S(C)(=O)=O. The van der Waals surface area contributed by atoms with Crippen LogP contribution in [-0.4, -0.2) is 32.9 Å². The highest BCUT2D eigenvalue weighted by Crippen LogP contribution is 2.20. The molecule has 19 heavy (non-hydrogen) atoms. The molecule has 3 N–H and O–H groups in total. The summed E-state index contributed by atoms with van der Waals surface area (Å²) in [5.41, 5.74) is 6.89. The molecule has 6 nitrogen and oxygen atoms in total. The first-order valence-corrected chi connectivity index (χ1v) is 7.60. The van der Waals surface area contributed by atoms with E-state index in [4.69, 9.17) is 10.5 Å². The zero-order valence-electron chi connectivity index (χ0n) is 11.1. The molecule has 0 aliphatic heterocycles. The van der Waals surface area contributed by atoms with Crippen LogP contribution in [0.15, 0.2) is 18.2 Å². The molecule has 0 aromatic heterocycles. The van der Waals surface area contributed by atoms with E-state index < -0.39 is 21.0 Å². The van der Waals surface area contributed by atoms with E-state index in [-0.39, 0.29) is 6.54 Å². The van der Waals surface area contributed by atoms with Crippen LogP contribution in [0.1, 0.15) is 12.5 Å². The predicted octanol–water partition coefficient (Wildman–Crippen LogP) is 0.327. The maximum absolute atomic E-state index is 11.7. The van der Waals surface area contributed by atoms with Crippen molar-refractivity contribution in [1.82, 2.24) is 5.32 Å². The van der Waals surface area contributed by atoms with Gasteiger partial charge in [0, 0.05) is 24.1 Å². The Balaban J connectivity index is 2.77. The first-order chi connectivity index (χ1) is 8.75. The molecule has 0 bridgehead atoms. The Bertz CT molecular complexity index is 569. The van der Waals surface area contributed by atoms with E-state index in [1.54, 1.807) is 18.2 Å². The van der Waals surface area contributed by atoms with E-state index >= 15 is 0 Å². The first kappa shape index (κ1) is 15.3. The molecular weight excluding hydrogens is 268 g/mol. The molecular formula is C12H18N2O4S. The average Bonchev–Trinajstić information content (AvgIpc) is 2.34. The van der Waals surface area contributed by atoms with Crippen molar-refractivity contribution in [3.05, 3.63) is 23.8 Å². The molecule has 7 heteroatoms. The van der Waals surface area contributed by atoms with E-state index in [2.05, 4.69) is 5.32 Å². The highest BCUT2D eigenvalue weighted by Gasteiger charge is 2.23. The highest BCUT2D eigenvalue weighted by molar-refractivity contribution is 7.92. The van der Waals surface area contributed by atoms with E-state index in [1.807, 2.05) is 0 Å². The van der Waals surface area contributed by atoms with Crippen molar-refractivity contribution in [3.63, 3.8) is 0 Å². The van der Waals surface area contributed by atoms with E-state index in [0.29, 0.717) is 17.0 Å². The zero-order valence-corrected chi connectivity index (χ0v) is 12.0. The van der Waals surface area contributed by atoms with E-state index in [0.717, 1.165) is 6.26 Å². The molecule has 1 amide bonds. The van der Waals surface area contributed by atoms with Crippen molar-refractivity contribution >= 4 is 21.4 Å². The number of hydrogen-bond acceptors (Lipinski definition) is 5. The largest absolute Gasteiger partial charge is 0.496 e. The number of ether oxygens (including phenoxy) is 1.